The molecule has 2 aromatic carbocycles. The normalized spacial score (nSPS) is 10.0. The first-order valence-corrected chi connectivity index (χ1v) is 7.29. The van der Waals surface area contributed by atoms with Crippen LogP contribution in [0, 0.1) is 17.0 Å². The fraction of sp³-hybridized carbons (Fsp3) is 0.0667. The molecule has 0 atom stereocenters. The number of carbonyl (C=O) groups is 1. The Morgan fingerprint density at radius 3 is 2.48 bits per heavy atom. The number of nitrogens with one attached hydrogen (secondary N) is 2. The van der Waals surface area contributed by atoms with E-state index in [-0.39, 0.29) is 16.4 Å². The van der Waals surface area contributed by atoms with E-state index in [2.05, 4.69) is 10.6 Å². The number of nitro benzene ring substituents is 1. The molecule has 0 bridgehead atoms. The van der Waals surface area contributed by atoms with E-state index in [0.717, 1.165) is 5.56 Å². The Morgan fingerprint density at radius 1 is 1.22 bits per heavy atom. The minimum Gasteiger partial charge on any atom is -0.332 e. The van der Waals surface area contributed by atoms with Crippen molar-refractivity contribution in [1.29, 1.82) is 0 Å². The van der Waals surface area contributed by atoms with Crippen LogP contribution in [-0.2, 0) is 0 Å². The highest BCUT2D eigenvalue weighted by Crippen LogP contribution is 2.22. The fourth-order valence-electron chi connectivity index (χ4n) is 1.81. The molecular formula is C15H12ClN3O3S. The topological polar surface area (TPSA) is 84.3 Å². The predicted octanol–water partition coefficient (Wildman–Crippen LogP) is 3.68. The molecule has 0 spiro atoms. The summed E-state index contributed by atoms with van der Waals surface area (Å²) in [6, 6.07) is 10.5. The molecule has 2 aromatic rings. The highest BCUT2D eigenvalue weighted by Gasteiger charge is 2.11. The van der Waals surface area contributed by atoms with Gasteiger partial charge in [-0.3, -0.25) is 20.2 Å². The van der Waals surface area contributed by atoms with Gasteiger partial charge in [-0.1, -0.05) is 17.7 Å². The van der Waals surface area contributed by atoms with Gasteiger partial charge in [0, 0.05) is 28.4 Å². The summed E-state index contributed by atoms with van der Waals surface area (Å²) in [5.74, 6) is -0.461. The molecule has 0 aliphatic heterocycles. The van der Waals surface area contributed by atoms with Gasteiger partial charge in [0.05, 0.1) is 4.92 Å². The summed E-state index contributed by atoms with van der Waals surface area (Å²) in [6.07, 6.45) is 0. The zero-order chi connectivity index (χ0) is 17.0. The average Bonchev–Trinajstić information content (AvgIpc) is 2.52. The molecule has 0 aliphatic rings. The number of nitro groups is 1. The van der Waals surface area contributed by atoms with E-state index in [1.54, 1.807) is 18.2 Å². The van der Waals surface area contributed by atoms with E-state index in [1.165, 1.54) is 24.3 Å². The maximum atomic E-state index is 12.0. The molecule has 118 valence electrons. The second kappa shape index (κ2) is 7.17. The minimum atomic E-state index is -0.532. The third kappa shape index (κ3) is 4.24. The number of nitrogens with zero attached hydrogens (tertiary/aromatic N) is 1. The minimum absolute atomic E-state index is 0.0863. The van der Waals surface area contributed by atoms with Crippen molar-refractivity contribution >= 4 is 46.2 Å². The molecule has 8 heteroatoms. The Labute approximate surface area is 142 Å². The van der Waals surface area contributed by atoms with Crippen LogP contribution < -0.4 is 10.6 Å². The molecule has 0 fully saturated rings. The lowest BCUT2D eigenvalue weighted by Gasteiger charge is -2.12. The molecule has 1 amide bonds. The van der Waals surface area contributed by atoms with Gasteiger partial charge in [-0.05, 0) is 49.0 Å². The number of non-ortho nitro benzene ring substituents is 1. The Bertz CT molecular complexity index is 778. The van der Waals surface area contributed by atoms with Crippen molar-refractivity contribution in [2.75, 3.05) is 5.32 Å². The Kier molecular flexibility index (Phi) is 5.25. The first-order chi connectivity index (χ1) is 10.9. The van der Waals surface area contributed by atoms with Crippen LogP contribution >= 0.6 is 23.8 Å². The summed E-state index contributed by atoms with van der Waals surface area (Å²) >= 11 is 11.1. The summed E-state index contributed by atoms with van der Waals surface area (Å²) in [5.41, 5.74) is 1.67. The van der Waals surface area contributed by atoms with Gasteiger partial charge >= 0.3 is 0 Å². The van der Waals surface area contributed by atoms with Gasteiger partial charge in [-0.2, -0.15) is 0 Å². The number of anilines is 1. The summed E-state index contributed by atoms with van der Waals surface area (Å²) in [7, 11) is 0. The van der Waals surface area contributed by atoms with Crippen LogP contribution in [0.2, 0.25) is 5.02 Å². The molecule has 0 radical (unpaired) electrons. The number of hydrogen-bond donors (Lipinski definition) is 2. The van der Waals surface area contributed by atoms with Crippen molar-refractivity contribution in [2.24, 2.45) is 0 Å². The molecule has 0 heterocycles. The number of rotatable bonds is 3. The van der Waals surface area contributed by atoms with Crippen molar-refractivity contribution < 1.29 is 9.72 Å². The van der Waals surface area contributed by atoms with E-state index in [9.17, 15) is 14.9 Å². The molecule has 6 nitrogen and oxygen atoms in total. The van der Waals surface area contributed by atoms with Crippen LogP contribution in [0.25, 0.3) is 0 Å². The number of hydrogen-bond acceptors (Lipinski definition) is 4. The van der Waals surface area contributed by atoms with Gasteiger partial charge in [0.15, 0.2) is 5.11 Å². The van der Waals surface area contributed by atoms with E-state index in [0.29, 0.717) is 10.7 Å². The van der Waals surface area contributed by atoms with Crippen LogP contribution in [0.15, 0.2) is 42.5 Å². The van der Waals surface area contributed by atoms with Crippen LogP contribution in [0.4, 0.5) is 11.4 Å². The summed E-state index contributed by atoms with van der Waals surface area (Å²) in [4.78, 5) is 22.1. The quantitative estimate of drug-likeness (QED) is 0.501. The lowest BCUT2D eigenvalue weighted by molar-refractivity contribution is -0.384. The van der Waals surface area contributed by atoms with E-state index >= 15 is 0 Å². The van der Waals surface area contributed by atoms with Crippen LogP contribution in [0.5, 0.6) is 0 Å². The monoisotopic (exact) mass is 349 g/mol. The van der Waals surface area contributed by atoms with Crippen LogP contribution in [0.1, 0.15) is 15.9 Å². The molecule has 0 saturated heterocycles. The SMILES string of the molecule is Cc1c(Cl)cccc1NC(=S)NC(=O)c1ccc([N+](=O)[O-])cc1. The molecular weight excluding hydrogens is 338 g/mol. The van der Waals surface area contributed by atoms with Crippen molar-refractivity contribution in [1.82, 2.24) is 5.32 Å². The van der Waals surface area contributed by atoms with E-state index in [1.807, 2.05) is 6.92 Å². The standard InChI is InChI=1S/C15H12ClN3O3S/c1-9-12(16)3-2-4-13(9)17-15(23)18-14(20)10-5-7-11(8-6-10)19(21)22/h2-8H,1H3,(H2,17,18,20,23). The fourth-order valence-corrected chi connectivity index (χ4v) is 2.18. The van der Waals surface area contributed by atoms with Gasteiger partial charge < -0.3 is 5.32 Å². The largest absolute Gasteiger partial charge is 0.332 e. The second-order valence-corrected chi connectivity index (χ2v) is 5.44. The summed E-state index contributed by atoms with van der Waals surface area (Å²) in [5, 5.41) is 16.7. The maximum Gasteiger partial charge on any atom is 0.269 e. The first kappa shape index (κ1) is 16.9. The van der Waals surface area contributed by atoms with Gasteiger partial charge in [0.2, 0.25) is 0 Å². The van der Waals surface area contributed by atoms with Crippen molar-refractivity contribution in [3.63, 3.8) is 0 Å². The Morgan fingerprint density at radius 2 is 1.87 bits per heavy atom. The van der Waals surface area contributed by atoms with Crippen molar-refractivity contribution in [3.05, 3.63) is 68.7 Å². The van der Waals surface area contributed by atoms with Crippen molar-refractivity contribution in [2.45, 2.75) is 6.92 Å². The molecule has 2 rings (SSSR count). The lowest BCUT2D eigenvalue weighted by atomic mass is 10.2. The summed E-state index contributed by atoms with van der Waals surface area (Å²) < 4.78 is 0. The van der Waals surface area contributed by atoms with E-state index < -0.39 is 10.8 Å². The Hall–Kier alpha value is -2.51. The zero-order valence-corrected chi connectivity index (χ0v) is 13.6. The van der Waals surface area contributed by atoms with Crippen LogP contribution in [0.3, 0.4) is 0 Å². The third-order valence-electron chi connectivity index (χ3n) is 3.08. The lowest BCUT2D eigenvalue weighted by Crippen LogP contribution is -2.34. The summed E-state index contributed by atoms with van der Waals surface area (Å²) in [6.45, 7) is 1.82. The zero-order valence-electron chi connectivity index (χ0n) is 12.0. The number of thiocarbonyl (C=S) groups is 1. The maximum absolute atomic E-state index is 12.0. The number of benzene rings is 2. The van der Waals surface area contributed by atoms with Crippen LogP contribution in [-0.4, -0.2) is 15.9 Å². The molecule has 23 heavy (non-hydrogen) atoms. The van der Waals surface area contributed by atoms with Gasteiger partial charge in [0.1, 0.15) is 0 Å². The molecule has 0 unspecified atom stereocenters. The number of amides is 1. The van der Waals surface area contributed by atoms with Crippen molar-refractivity contribution in [3.8, 4) is 0 Å². The van der Waals surface area contributed by atoms with Gasteiger partial charge in [-0.15, -0.1) is 0 Å². The average molecular weight is 350 g/mol. The number of halogens is 1. The molecule has 0 aromatic heterocycles. The molecule has 0 saturated carbocycles. The predicted molar refractivity (Wildman–Crippen MR) is 93.0 cm³/mol. The number of carbonyl (C=O) groups excluding carboxylic acids is 1. The first-order valence-electron chi connectivity index (χ1n) is 6.50. The van der Waals surface area contributed by atoms with E-state index in [4.69, 9.17) is 23.8 Å². The smallest absolute Gasteiger partial charge is 0.269 e. The third-order valence-corrected chi connectivity index (χ3v) is 3.70. The van der Waals surface area contributed by atoms with Gasteiger partial charge in [0.25, 0.3) is 11.6 Å². The second-order valence-electron chi connectivity index (χ2n) is 4.62. The molecule has 2 N–H and O–H groups in total. The molecule has 0 aliphatic carbocycles. The highest BCUT2D eigenvalue weighted by molar-refractivity contribution is 7.80. The van der Waals surface area contributed by atoms with Gasteiger partial charge in [-0.25, -0.2) is 0 Å². The highest BCUT2D eigenvalue weighted by atomic mass is 35.5. The Balaban J connectivity index is 2.03.